The maximum Gasteiger partial charge on any atom is 0.0297 e. The van der Waals surface area contributed by atoms with Gasteiger partial charge in [-0.05, 0) is 31.4 Å². The number of rotatable bonds is 3. The molecule has 1 atom stereocenters. The Morgan fingerprint density at radius 1 is 1.31 bits per heavy atom. The van der Waals surface area contributed by atoms with Gasteiger partial charge in [-0.2, -0.15) is 0 Å². The predicted molar refractivity (Wildman–Crippen MR) is 57.8 cm³/mol. The van der Waals surface area contributed by atoms with Gasteiger partial charge in [0.1, 0.15) is 0 Å². The van der Waals surface area contributed by atoms with E-state index >= 15 is 0 Å². The monoisotopic (exact) mass is 177 g/mol. The van der Waals surface area contributed by atoms with Gasteiger partial charge in [0.2, 0.25) is 0 Å². The molecule has 0 aromatic heterocycles. The van der Waals surface area contributed by atoms with E-state index in [-0.39, 0.29) is 6.04 Å². The molecule has 0 saturated heterocycles. The van der Waals surface area contributed by atoms with E-state index in [4.69, 9.17) is 5.73 Å². The molecule has 72 valence electrons. The van der Waals surface area contributed by atoms with Crippen molar-refractivity contribution in [1.82, 2.24) is 0 Å². The van der Waals surface area contributed by atoms with Crippen LogP contribution in [0.1, 0.15) is 42.5 Å². The molecule has 0 heterocycles. The van der Waals surface area contributed by atoms with Crippen LogP contribution in [0.2, 0.25) is 0 Å². The molecule has 0 bridgehead atoms. The number of benzene rings is 1. The quantitative estimate of drug-likeness (QED) is 0.754. The summed E-state index contributed by atoms with van der Waals surface area (Å²) >= 11 is 0. The van der Waals surface area contributed by atoms with E-state index in [2.05, 4.69) is 39.0 Å². The van der Waals surface area contributed by atoms with Gasteiger partial charge in [-0.3, -0.25) is 0 Å². The SMILES string of the molecule is CCCC(N)c1ccc(C)cc1C. The molecule has 0 radical (unpaired) electrons. The van der Waals surface area contributed by atoms with Gasteiger partial charge in [-0.15, -0.1) is 0 Å². The molecule has 0 aliphatic heterocycles. The zero-order valence-corrected chi connectivity index (χ0v) is 8.80. The molecule has 13 heavy (non-hydrogen) atoms. The lowest BCUT2D eigenvalue weighted by Crippen LogP contribution is -2.11. The van der Waals surface area contributed by atoms with Crippen molar-refractivity contribution in [1.29, 1.82) is 0 Å². The summed E-state index contributed by atoms with van der Waals surface area (Å²) in [5.41, 5.74) is 9.99. The summed E-state index contributed by atoms with van der Waals surface area (Å²) in [6, 6.07) is 6.71. The van der Waals surface area contributed by atoms with E-state index in [9.17, 15) is 0 Å². The van der Waals surface area contributed by atoms with Crippen molar-refractivity contribution < 1.29 is 0 Å². The molecular weight excluding hydrogens is 158 g/mol. The van der Waals surface area contributed by atoms with Crippen molar-refractivity contribution in [2.75, 3.05) is 0 Å². The van der Waals surface area contributed by atoms with Crippen molar-refractivity contribution in [3.63, 3.8) is 0 Å². The third-order valence-electron chi connectivity index (χ3n) is 2.42. The summed E-state index contributed by atoms with van der Waals surface area (Å²) in [6.45, 7) is 6.42. The minimum Gasteiger partial charge on any atom is -0.324 e. The molecule has 0 spiro atoms. The molecule has 1 heteroatoms. The molecule has 0 aliphatic rings. The van der Waals surface area contributed by atoms with E-state index in [0.717, 1.165) is 12.8 Å². The average Bonchev–Trinajstić information content (AvgIpc) is 2.04. The van der Waals surface area contributed by atoms with Gasteiger partial charge in [0.15, 0.2) is 0 Å². The van der Waals surface area contributed by atoms with Crippen LogP contribution in [0.5, 0.6) is 0 Å². The minimum absolute atomic E-state index is 0.214. The molecule has 0 aliphatic carbocycles. The van der Waals surface area contributed by atoms with E-state index in [1.54, 1.807) is 0 Å². The molecule has 0 amide bonds. The Morgan fingerprint density at radius 3 is 2.54 bits per heavy atom. The maximum atomic E-state index is 6.06. The molecule has 1 aromatic carbocycles. The lowest BCUT2D eigenvalue weighted by atomic mass is 9.97. The molecule has 1 unspecified atom stereocenters. The largest absolute Gasteiger partial charge is 0.324 e. The fourth-order valence-corrected chi connectivity index (χ4v) is 1.71. The molecule has 2 N–H and O–H groups in total. The van der Waals surface area contributed by atoms with Gasteiger partial charge in [-0.25, -0.2) is 0 Å². The second kappa shape index (κ2) is 4.43. The molecule has 1 nitrogen and oxygen atoms in total. The van der Waals surface area contributed by atoms with Gasteiger partial charge < -0.3 is 5.73 Å². The number of nitrogens with two attached hydrogens (primary N) is 1. The van der Waals surface area contributed by atoms with Crippen LogP contribution in [-0.4, -0.2) is 0 Å². The molecule has 1 rings (SSSR count). The summed E-state index contributed by atoms with van der Waals surface area (Å²) in [5.74, 6) is 0. The molecule has 0 saturated carbocycles. The van der Waals surface area contributed by atoms with Crippen LogP contribution in [-0.2, 0) is 0 Å². The Hall–Kier alpha value is -0.820. The molecule has 1 aromatic rings. The Bertz CT molecular complexity index is 278. The number of hydrogen-bond acceptors (Lipinski definition) is 1. The van der Waals surface area contributed by atoms with Crippen molar-refractivity contribution in [3.8, 4) is 0 Å². The topological polar surface area (TPSA) is 26.0 Å². The molecular formula is C12H19N. The Labute approximate surface area is 81.0 Å². The fourth-order valence-electron chi connectivity index (χ4n) is 1.71. The lowest BCUT2D eigenvalue weighted by molar-refractivity contribution is 0.635. The third-order valence-corrected chi connectivity index (χ3v) is 2.42. The van der Waals surface area contributed by atoms with Crippen molar-refractivity contribution in [3.05, 3.63) is 34.9 Å². The van der Waals surface area contributed by atoms with E-state index in [1.165, 1.54) is 16.7 Å². The summed E-state index contributed by atoms with van der Waals surface area (Å²) in [7, 11) is 0. The average molecular weight is 177 g/mol. The normalized spacial score (nSPS) is 12.9. The van der Waals surface area contributed by atoms with Crippen LogP contribution < -0.4 is 5.73 Å². The zero-order valence-electron chi connectivity index (χ0n) is 8.80. The first-order chi connectivity index (χ1) is 6.15. The highest BCUT2D eigenvalue weighted by molar-refractivity contribution is 5.32. The van der Waals surface area contributed by atoms with Crippen LogP contribution >= 0.6 is 0 Å². The second-order valence-electron chi connectivity index (χ2n) is 3.76. The van der Waals surface area contributed by atoms with Crippen molar-refractivity contribution >= 4 is 0 Å². The van der Waals surface area contributed by atoms with Gasteiger partial charge in [-0.1, -0.05) is 37.1 Å². The van der Waals surface area contributed by atoms with E-state index in [0.29, 0.717) is 0 Å². The Kier molecular flexibility index (Phi) is 3.49. The fraction of sp³-hybridized carbons (Fsp3) is 0.500. The highest BCUT2D eigenvalue weighted by Crippen LogP contribution is 2.20. The summed E-state index contributed by atoms with van der Waals surface area (Å²) in [5, 5.41) is 0. The molecule has 0 fully saturated rings. The summed E-state index contributed by atoms with van der Waals surface area (Å²) in [4.78, 5) is 0. The lowest BCUT2D eigenvalue weighted by Gasteiger charge is -2.14. The van der Waals surface area contributed by atoms with Gasteiger partial charge in [0.25, 0.3) is 0 Å². The van der Waals surface area contributed by atoms with E-state index < -0.39 is 0 Å². The van der Waals surface area contributed by atoms with Crippen molar-refractivity contribution in [2.45, 2.75) is 39.7 Å². The van der Waals surface area contributed by atoms with Crippen LogP contribution in [0.25, 0.3) is 0 Å². The Balaban J connectivity index is 2.88. The second-order valence-corrected chi connectivity index (χ2v) is 3.76. The van der Waals surface area contributed by atoms with E-state index in [1.807, 2.05) is 0 Å². The first-order valence-electron chi connectivity index (χ1n) is 4.98. The maximum absolute atomic E-state index is 6.06. The van der Waals surface area contributed by atoms with Crippen LogP contribution in [0.15, 0.2) is 18.2 Å². The first-order valence-corrected chi connectivity index (χ1v) is 4.98. The van der Waals surface area contributed by atoms with Crippen LogP contribution in [0, 0.1) is 13.8 Å². The highest BCUT2D eigenvalue weighted by atomic mass is 14.6. The summed E-state index contributed by atoms with van der Waals surface area (Å²) < 4.78 is 0. The predicted octanol–water partition coefficient (Wildman–Crippen LogP) is 3.10. The minimum atomic E-state index is 0.214. The van der Waals surface area contributed by atoms with Gasteiger partial charge in [0.05, 0.1) is 0 Å². The van der Waals surface area contributed by atoms with Crippen LogP contribution in [0.4, 0.5) is 0 Å². The van der Waals surface area contributed by atoms with Crippen molar-refractivity contribution in [2.24, 2.45) is 5.73 Å². The number of hydrogen-bond donors (Lipinski definition) is 1. The third kappa shape index (κ3) is 2.56. The zero-order chi connectivity index (χ0) is 9.84. The first kappa shape index (κ1) is 10.3. The standard InChI is InChI=1S/C12H19N/c1-4-5-12(13)11-7-6-9(2)8-10(11)3/h6-8,12H,4-5,13H2,1-3H3. The number of aryl methyl sites for hydroxylation is 2. The highest BCUT2D eigenvalue weighted by Gasteiger charge is 2.06. The van der Waals surface area contributed by atoms with Gasteiger partial charge >= 0.3 is 0 Å². The van der Waals surface area contributed by atoms with Crippen LogP contribution in [0.3, 0.4) is 0 Å². The summed E-state index contributed by atoms with van der Waals surface area (Å²) in [6.07, 6.45) is 2.22. The smallest absolute Gasteiger partial charge is 0.0297 e. The van der Waals surface area contributed by atoms with Gasteiger partial charge in [0, 0.05) is 6.04 Å². The Morgan fingerprint density at radius 2 is 2.00 bits per heavy atom.